The molecule has 1 aromatic carbocycles. The number of hydrogen-bond donors (Lipinski definition) is 2. The lowest BCUT2D eigenvalue weighted by Gasteiger charge is -2.28. The van der Waals surface area contributed by atoms with Crippen LogP contribution in [0, 0.1) is 0 Å². The molecule has 0 aliphatic rings. The first kappa shape index (κ1) is 17.9. The lowest BCUT2D eigenvalue weighted by atomic mass is 9.98. The van der Waals surface area contributed by atoms with Crippen molar-refractivity contribution in [3.63, 3.8) is 0 Å². The second-order valence-corrected chi connectivity index (χ2v) is 5.99. The van der Waals surface area contributed by atoms with Crippen LogP contribution in [-0.4, -0.2) is 16.4 Å². The van der Waals surface area contributed by atoms with Crippen LogP contribution in [0.1, 0.15) is 36.2 Å². The number of nitrogens with two attached hydrogens (primary N) is 1. The van der Waals surface area contributed by atoms with E-state index in [2.05, 4.69) is 21.2 Å². The van der Waals surface area contributed by atoms with Gasteiger partial charge in [0.05, 0.1) is 16.1 Å². The van der Waals surface area contributed by atoms with Crippen LogP contribution >= 0.6 is 28.1 Å². The minimum absolute atomic E-state index is 0.0755. The van der Waals surface area contributed by atoms with Crippen molar-refractivity contribution in [2.45, 2.75) is 32.0 Å². The van der Waals surface area contributed by atoms with Crippen LogP contribution < -0.4 is 11.1 Å². The molecule has 0 aromatic heterocycles. The van der Waals surface area contributed by atoms with Crippen molar-refractivity contribution in [3.05, 3.63) is 33.8 Å². The Labute approximate surface area is 134 Å². The summed E-state index contributed by atoms with van der Waals surface area (Å²) in [6, 6.07) is 3.27. The molecule has 1 rings (SSSR count). The van der Waals surface area contributed by atoms with Gasteiger partial charge in [0, 0.05) is 10.0 Å². The standard InChI is InChI=1S/C13H14BrF3N2OS/c1-3-12(2,11(18)21)19-10(20)7-4-5-9(14)8(6-7)13(15,16)17/h4-6H,3H2,1-2H3,(H2,18,21)(H,19,20). The maximum absolute atomic E-state index is 12.8. The van der Waals surface area contributed by atoms with E-state index in [0.717, 1.165) is 6.07 Å². The Morgan fingerprint density at radius 2 is 2.00 bits per heavy atom. The topological polar surface area (TPSA) is 55.1 Å². The molecule has 0 aliphatic carbocycles. The molecule has 0 spiro atoms. The summed E-state index contributed by atoms with van der Waals surface area (Å²) in [7, 11) is 0. The van der Waals surface area contributed by atoms with E-state index in [-0.39, 0.29) is 15.0 Å². The van der Waals surface area contributed by atoms with E-state index in [0.29, 0.717) is 6.42 Å². The number of halogens is 4. The van der Waals surface area contributed by atoms with Crippen molar-refractivity contribution >= 4 is 39.0 Å². The molecular formula is C13H14BrF3N2OS. The Morgan fingerprint density at radius 3 is 2.43 bits per heavy atom. The van der Waals surface area contributed by atoms with Crippen LogP contribution in [0.4, 0.5) is 13.2 Å². The fraction of sp³-hybridized carbons (Fsp3) is 0.385. The molecule has 0 saturated carbocycles. The number of carbonyl (C=O) groups excluding carboxylic acids is 1. The third-order valence-electron chi connectivity index (χ3n) is 3.17. The summed E-state index contributed by atoms with van der Waals surface area (Å²) in [6.07, 6.45) is -4.12. The lowest BCUT2D eigenvalue weighted by Crippen LogP contribution is -2.54. The van der Waals surface area contributed by atoms with E-state index in [1.807, 2.05) is 0 Å². The largest absolute Gasteiger partial charge is 0.417 e. The average Bonchev–Trinajstić information content (AvgIpc) is 2.37. The maximum Gasteiger partial charge on any atom is 0.417 e. The van der Waals surface area contributed by atoms with Gasteiger partial charge < -0.3 is 11.1 Å². The molecule has 0 radical (unpaired) electrons. The van der Waals surface area contributed by atoms with Gasteiger partial charge in [-0.25, -0.2) is 0 Å². The first-order chi connectivity index (χ1) is 9.51. The Morgan fingerprint density at radius 1 is 1.43 bits per heavy atom. The smallest absolute Gasteiger partial charge is 0.391 e. The summed E-state index contributed by atoms with van der Waals surface area (Å²) in [4.78, 5) is 12.2. The first-order valence-corrected chi connectivity index (χ1v) is 7.20. The van der Waals surface area contributed by atoms with Crippen molar-refractivity contribution < 1.29 is 18.0 Å². The number of thiocarbonyl (C=S) groups is 1. The average molecular weight is 383 g/mol. The van der Waals surface area contributed by atoms with E-state index >= 15 is 0 Å². The van der Waals surface area contributed by atoms with Crippen molar-refractivity contribution in [1.29, 1.82) is 0 Å². The summed E-state index contributed by atoms with van der Waals surface area (Å²) in [5, 5.41) is 2.57. The van der Waals surface area contributed by atoms with Gasteiger partial charge in [-0.2, -0.15) is 13.2 Å². The summed E-state index contributed by atoms with van der Waals surface area (Å²) >= 11 is 7.70. The lowest BCUT2D eigenvalue weighted by molar-refractivity contribution is -0.138. The summed E-state index contributed by atoms with van der Waals surface area (Å²) < 4.78 is 38.3. The highest BCUT2D eigenvalue weighted by atomic mass is 79.9. The predicted molar refractivity (Wildman–Crippen MR) is 82.1 cm³/mol. The van der Waals surface area contributed by atoms with Gasteiger partial charge >= 0.3 is 6.18 Å². The van der Waals surface area contributed by atoms with Gasteiger partial charge in [0.2, 0.25) is 0 Å². The molecule has 1 unspecified atom stereocenters. The molecule has 1 atom stereocenters. The third-order valence-corrected chi connectivity index (χ3v) is 4.32. The van der Waals surface area contributed by atoms with E-state index in [9.17, 15) is 18.0 Å². The highest BCUT2D eigenvalue weighted by molar-refractivity contribution is 9.10. The van der Waals surface area contributed by atoms with Crippen LogP contribution in [-0.2, 0) is 6.18 Å². The second-order valence-electron chi connectivity index (χ2n) is 4.70. The molecule has 3 N–H and O–H groups in total. The number of carbonyl (C=O) groups is 1. The van der Waals surface area contributed by atoms with Crippen LogP contribution in [0.25, 0.3) is 0 Å². The zero-order valence-electron chi connectivity index (χ0n) is 11.3. The zero-order valence-corrected chi connectivity index (χ0v) is 13.7. The molecule has 0 heterocycles. The summed E-state index contributed by atoms with van der Waals surface area (Å²) in [6.45, 7) is 3.39. The maximum atomic E-state index is 12.8. The van der Waals surface area contributed by atoms with Gasteiger partial charge in [0.15, 0.2) is 0 Å². The quantitative estimate of drug-likeness (QED) is 0.781. The van der Waals surface area contributed by atoms with E-state index in [4.69, 9.17) is 18.0 Å². The fourth-order valence-corrected chi connectivity index (χ4v) is 2.20. The number of rotatable bonds is 4. The van der Waals surface area contributed by atoms with E-state index in [1.54, 1.807) is 13.8 Å². The molecule has 1 amide bonds. The molecule has 1 aromatic rings. The Kier molecular flexibility index (Phi) is 5.38. The molecule has 8 heteroatoms. The second kappa shape index (κ2) is 6.31. The van der Waals surface area contributed by atoms with Gasteiger partial charge in [-0.05, 0) is 31.5 Å². The first-order valence-electron chi connectivity index (χ1n) is 6.00. The molecule has 116 valence electrons. The predicted octanol–water partition coefficient (Wildman–Crippen LogP) is 3.65. The van der Waals surface area contributed by atoms with Crippen LogP contribution in [0.5, 0.6) is 0 Å². The van der Waals surface area contributed by atoms with Crippen molar-refractivity contribution in [2.75, 3.05) is 0 Å². The SMILES string of the molecule is CCC(C)(NC(=O)c1ccc(Br)c(C(F)(F)F)c1)C(N)=S. The number of alkyl halides is 3. The number of nitrogens with one attached hydrogen (secondary N) is 1. The Balaban J connectivity index is 3.12. The van der Waals surface area contributed by atoms with Gasteiger partial charge in [-0.15, -0.1) is 0 Å². The van der Waals surface area contributed by atoms with Crippen LogP contribution in [0.3, 0.4) is 0 Å². The van der Waals surface area contributed by atoms with E-state index < -0.39 is 23.2 Å². The summed E-state index contributed by atoms with van der Waals surface area (Å²) in [5.41, 5.74) is 3.59. The van der Waals surface area contributed by atoms with Crippen LogP contribution in [0.15, 0.2) is 22.7 Å². The minimum atomic E-state index is -4.55. The number of hydrogen-bond acceptors (Lipinski definition) is 2. The highest BCUT2D eigenvalue weighted by Crippen LogP contribution is 2.35. The molecule has 3 nitrogen and oxygen atoms in total. The van der Waals surface area contributed by atoms with Gasteiger partial charge in [0.1, 0.15) is 0 Å². The van der Waals surface area contributed by atoms with Crippen molar-refractivity contribution in [1.82, 2.24) is 5.32 Å². The third kappa shape index (κ3) is 4.16. The van der Waals surface area contributed by atoms with Gasteiger partial charge in [-0.1, -0.05) is 35.1 Å². The van der Waals surface area contributed by atoms with Gasteiger partial charge in [-0.3, -0.25) is 4.79 Å². The molecule has 0 bridgehead atoms. The van der Waals surface area contributed by atoms with Gasteiger partial charge in [0.25, 0.3) is 5.91 Å². The number of benzene rings is 1. The molecule has 0 saturated heterocycles. The Hall–Kier alpha value is -1.15. The zero-order chi connectivity index (χ0) is 16.4. The fourth-order valence-electron chi connectivity index (χ4n) is 1.53. The van der Waals surface area contributed by atoms with E-state index in [1.165, 1.54) is 12.1 Å². The Bertz CT molecular complexity index is 577. The molecule has 0 fully saturated rings. The van der Waals surface area contributed by atoms with Crippen LogP contribution in [0.2, 0.25) is 0 Å². The normalized spacial score (nSPS) is 14.4. The molecular weight excluding hydrogens is 369 g/mol. The molecule has 21 heavy (non-hydrogen) atoms. The molecule has 0 aliphatic heterocycles. The minimum Gasteiger partial charge on any atom is -0.391 e. The number of amides is 1. The highest BCUT2D eigenvalue weighted by Gasteiger charge is 2.34. The van der Waals surface area contributed by atoms with Crippen molar-refractivity contribution in [2.24, 2.45) is 5.73 Å². The van der Waals surface area contributed by atoms with Crippen molar-refractivity contribution in [3.8, 4) is 0 Å². The monoisotopic (exact) mass is 382 g/mol. The summed E-state index contributed by atoms with van der Waals surface area (Å²) in [5.74, 6) is -0.662.